The van der Waals surface area contributed by atoms with Crippen LogP contribution in [0.5, 0.6) is 11.5 Å². The van der Waals surface area contributed by atoms with E-state index in [9.17, 15) is 73.8 Å². The number of ether oxygens (including phenoxy) is 2. The molecular formula is C56H67Cl2N7O17. The number of ketones is 2. The van der Waals surface area contributed by atoms with E-state index in [1.165, 1.54) is 24.3 Å². The Morgan fingerprint density at radius 2 is 1.23 bits per heavy atom. The molecule has 1 fully saturated rings. The molecular weight excluding hydrogens is 1110 g/mol. The number of aryl methyl sites for hydroxylation is 2. The standard InChI is InChI=1S/C56H67Cl2N7O17/c1-35-23-38(27-42(66)24-35)48(68)12-10-46(55(78)79)61-54(77)53-44(57)28-39(29-45(53)58)47(67)11-7-36-3-2-4-43(26-36)82-22-21-81-20-13-59-56(80)60-40-8-5-37(6-9-40)25-41-30-64(33-51(73)74)17-16-62(31-49(69)70)14-15-63(32-50(71)72)18-19-65(41)34-52(75)76/h2-6,8-9,23-24,26-29,41,46,66H,7,10-22,25,30-34H2,1H3,(H,61,77)(H,69,70)(H,71,72)(H,73,74)(H,75,76)(H,78,79)(H2,59,60,80)/t41?,46-/m0/s1. The number of anilines is 1. The number of hydrogen-bond donors (Lipinski definition) is 9. The summed E-state index contributed by atoms with van der Waals surface area (Å²) in [6, 6.07) is 18.2. The molecule has 82 heavy (non-hydrogen) atoms. The zero-order valence-electron chi connectivity index (χ0n) is 45.0. The van der Waals surface area contributed by atoms with Gasteiger partial charge in [-0.2, -0.15) is 0 Å². The van der Waals surface area contributed by atoms with E-state index < -0.39 is 66.2 Å². The maximum atomic E-state index is 13.3. The molecule has 4 aromatic rings. The van der Waals surface area contributed by atoms with Gasteiger partial charge in [-0.05, 0) is 97.5 Å². The van der Waals surface area contributed by atoms with Crippen molar-refractivity contribution >= 4 is 82.2 Å². The number of hydrogen-bond acceptors (Lipinski definition) is 16. The van der Waals surface area contributed by atoms with E-state index in [4.69, 9.17) is 32.7 Å². The fourth-order valence-corrected chi connectivity index (χ4v) is 9.72. The fraction of sp³-hybridized carbons (Fsp3) is 0.411. The quantitative estimate of drug-likeness (QED) is 0.0269. The zero-order chi connectivity index (χ0) is 59.9. The van der Waals surface area contributed by atoms with Crippen LogP contribution in [0.1, 0.15) is 67.0 Å². The molecule has 0 aliphatic carbocycles. The van der Waals surface area contributed by atoms with Gasteiger partial charge in [-0.3, -0.25) is 53.2 Å². The molecule has 24 nitrogen and oxygen atoms in total. The molecule has 0 spiro atoms. The lowest BCUT2D eigenvalue weighted by Gasteiger charge is -2.37. The van der Waals surface area contributed by atoms with Crippen molar-refractivity contribution in [2.75, 3.05) is 104 Å². The van der Waals surface area contributed by atoms with Gasteiger partial charge < -0.3 is 56.1 Å². The summed E-state index contributed by atoms with van der Waals surface area (Å²) in [6.45, 7) is 1.98. The summed E-state index contributed by atoms with van der Waals surface area (Å²) in [6.07, 6.45) is 0.0983. The molecule has 1 heterocycles. The normalized spacial score (nSPS) is 15.2. The van der Waals surface area contributed by atoms with Crippen LogP contribution in [0.3, 0.4) is 0 Å². The number of amides is 3. The molecule has 0 aromatic heterocycles. The number of rotatable bonds is 29. The predicted molar refractivity (Wildman–Crippen MR) is 300 cm³/mol. The number of benzene rings is 4. The number of Topliss-reactive ketones (excluding diaryl/α,β-unsaturated/α-hetero) is 2. The first kappa shape index (κ1) is 65.1. The van der Waals surface area contributed by atoms with Gasteiger partial charge in [0.15, 0.2) is 11.6 Å². The Balaban J connectivity index is 1.05. The highest BCUT2D eigenvalue weighted by Gasteiger charge is 2.29. The number of carbonyl (C=O) groups excluding carboxylic acids is 4. The van der Waals surface area contributed by atoms with Crippen LogP contribution in [0, 0.1) is 6.92 Å². The summed E-state index contributed by atoms with van der Waals surface area (Å²) < 4.78 is 11.5. The molecule has 9 N–H and O–H groups in total. The third-order valence-electron chi connectivity index (χ3n) is 13.1. The highest BCUT2D eigenvalue weighted by molar-refractivity contribution is 6.40. The van der Waals surface area contributed by atoms with E-state index >= 15 is 0 Å². The van der Waals surface area contributed by atoms with Gasteiger partial charge in [-0.25, -0.2) is 9.59 Å². The summed E-state index contributed by atoms with van der Waals surface area (Å²) in [5.41, 5.74) is 2.69. The summed E-state index contributed by atoms with van der Waals surface area (Å²) in [5.74, 6) is -7.10. The van der Waals surface area contributed by atoms with Crippen LogP contribution in [-0.2, 0) is 41.6 Å². The molecule has 442 valence electrons. The minimum Gasteiger partial charge on any atom is -0.508 e. The zero-order valence-corrected chi connectivity index (χ0v) is 46.5. The van der Waals surface area contributed by atoms with Gasteiger partial charge in [0.1, 0.15) is 24.1 Å². The van der Waals surface area contributed by atoms with E-state index in [0.29, 0.717) is 23.4 Å². The molecule has 1 aliphatic rings. The summed E-state index contributed by atoms with van der Waals surface area (Å²) in [5, 5.41) is 65.7. The number of halogens is 2. The number of nitrogens with one attached hydrogen (secondary N) is 3. The number of phenols is 1. The average Bonchev–Trinajstić information content (AvgIpc) is 3.60. The van der Waals surface area contributed by atoms with E-state index in [0.717, 1.165) is 11.1 Å². The number of urea groups is 1. The number of carboxylic acids is 5. The molecule has 5 rings (SSSR count). The molecule has 4 aromatic carbocycles. The van der Waals surface area contributed by atoms with Gasteiger partial charge >= 0.3 is 35.9 Å². The molecule has 3 amide bonds. The smallest absolute Gasteiger partial charge is 0.326 e. The Labute approximate surface area is 482 Å². The fourth-order valence-electron chi connectivity index (χ4n) is 9.06. The maximum absolute atomic E-state index is 13.3. The van der Waals surface area contributed by atoms with E-state index in [1.54, 1.807) is 75.1 Å². The number of aromatic hydroxyl groups is 1. The largest absolute Gasteiger partial charge is 0.508 e. The number of phenolic OH excluding ortho intramolecular Hbond substituents is 1. The number of aliphatic carboxylic acids is 5. The Bertz CT molecular complexity index is 2870. The first-order valence-corrected chi connectivity index (χ1v) is 26.9. The van der Waals surface area contributed by atoms with Gasteiger partial charge in [-0.1, -0.05) is 47.5 Å². The Morgan fingerprint density at radius 3 is 1.84 bits per heavy atom. The van der Waals surface area contributed by atoms with Crippen LogP contribution in [0.15, 0.2) is 78.9 Å². The second-order valence-electron chi connectivity index (χ2n) is 19.5. The van der Waals surface area contributed by atoms with Gasteiger partial charge in [0.05, 0.1) is 55.0 Å². The molecule has 26 heteroatoms. The number of nitrogens with zero attached hydrogens (tertiary/aromatic N) is 4. The van der Waals surface area contributed by atoms with Crippen molar-refractivity contribution in [3.63, 3.8) is 0 Å². The van der Waals surface area contributed by atoms with Crippen molar-refractivity contribution in [3.05, 3.63) is 122 Å². The highest BCUT2D eigenvalue weighted by Crippen LogP contribution is 2.29. The van der Waals surface area contributed by atoms with Crippen molar-refractivity contribution < 1.29 is 83.3 Å². The Morgan fingerprint density at radius 1 is 0.646 bits per heavy atom. The van der Waals surface area contributed by atoms with Gasteiger partial charge in [0.2, 0.25) is 0 Å². The van der Waals surface area contributed by atoms with Crippen molar-refractivity contribution in [3.8, 4) is 11.5 Å². The first-order valence-electron chi connectivity index (χ1n) is 26.1. The van der Waals surface area contributed by atoms with Crippen molar-refractivity contribution in [2.45, 2.75) is 51.1 Å². The second kappa shape index (κ2) is 32.7. The van der Waals surface area contributed by atoms with E-state index in [1.807, 2.05) is 6.07 Å². The lowest BCUT2D eigenvalue weighted by atomic mass is 10.00. The Kier molecular flexibility index (Phi) is 25.9. The third kappa shape index (κ3) is 22.7. The summed E-state index contributed by atoms with van der Waals surface area (Å²) in [4.78, 5) is 118. The summed E-state index contributed by atoms with van der Waals surface area (Å²) in [7, 11) is 0. The van der Waals surface area contributed by atoms with Crippen LogP contribution in [0.2, 0.25) is 10.0 Å². The van der Waals surface area contributed by atoms with E-state index in [2.05, 4.69) is 16.0 Å². The van der Waals surface area contributed by atoms with E-state index in [-0.39, 0.29) is 156 Å². The van der Waals surface area contributed by atoms with Gasteiger partial charge in [0.25, 0.3) is 5.91 Å². The van der Waals surface area contributed by atoms with Crippen molar-refractivity contribution in [2.24, 2.45) is 0 Å². The predicted octanol–water partition coefficient (Wildman–Crippen LogP) is 4.36. The molecule has 2 atom stereocenters. The highest BCUT2D eigenvalue weighted by atomic mass is 35.5. The second-order valence-corrected chi connectivity index (χ2v) is 20.3. The van der Waals surface area contributed by atoms with Crippen LogP contribution in [0.4, 0.5) is 10.5 Å². The molecule has 0 saturated carbocycles. The SMILES string of the molecule is Cc1cc(O)cc(C(=O)CC[C@H](NC(=O)c2c(Cl)cc(C(=O)CCc3cccc(OCCOCCNC(=O)Nc4ccc(CC5CN(CC(=O)O)CCN(CC(=O)O)CCN(CC(=O)O)CCN5CC(=O)O)cc4)c3)cc2Cl)C(=O)O)c1. The van der Waals surface area contributed by atoms with Gasteiger partial charge in [-0.15, -0.1) is 0 Å². The number of carboxylic acid groups (broad SMARTS) is 5. The number of carbonyl (C=O) groups is 9. The molecule has 0 bridgehead atoms. The van der Waals surface area contributed by atoms with Crippen LogP contribution < -0.4 is 20.7 Å². The minimum atomic E-state index is -1.48. The monoisotopic (exact) mass is 1180 g/mol. The van der Waals surface area contributed by atoms with Crippen LogP contribution >= 0.6 is 23.2 Å². The third-order valence-corrected chi connectivity index (χ3v) is 13.7. The van der Waals surface area contributed by atoms with Crippen molar-refractivity contribution in [1.29, 1.82) is 0 Å². The van der Waals surface area contributed by atoms with Crippen LogP contribution in [-0.4, -0.2) is 214 Å². The average molecular weight is 1180 g/mol. The lowest BCUT2D eigenvalue weighted by Crippen LogP contribution is -2.53. The van der Waals surface area contributed by atoms with Crippen molar-refractivity contribution in [1.82, 2.24) is 30.2 Å². The first-order chi connectivity index (χ1) is 39.0. The van der Waals surface area contributed by atoms with Crippen LogP contribution in [0.25, 0.3) is 0 Å². The minimum absolute atomic E-state index is 0.0373. The lowest BCUT2D eigenvalue weighted by molar-refractivity contribution is -0.142. The van der Waals surface area contributed by atoms with Gasteiger partial charge in [0, 0.05) is 88.1 Å². The molecule has 1 saturated heterocycles. The Hall–Kier alpha value is -7.71. The topological polar surface area (TPSA) is 343 Å². The molecule has 1 aliphatic heterocycles. The maximum Gasteiger partial charge on any atom is 0.326 e. The molecule has 1 unspecified atom stereocenters. The molecule has 0 radical (unpaired) electrons. The summed E-state index contributed by atoms with van der Waals surface area (Å²) >= 11 is 12.8.